The van der Waals surface area contributed by atoms with Gasteiger partial charge in [0.25, 0.3) is 0 Å². The zero-order valence-electron chi connectivity index (χ0n) is 8.33. The van der Waals surface area contributed by atoms with Crippen molar-refractivity contribution in [3.05, 3.63) is 34.9 Å². The van der Waals surface area contributed by atoms with E-state index in [0.29, 0.717) is 11.4 Å². The molecule has 0 atom stereocenters. The van der Waals surface area contributed by atoms with Crippen molar-refractivity contribution < 1.29 is 9.90 Å². The van der Waals surface area contributed by atoms with Crippen LogP contribution in [-0.2, 0) is 0 Å². The van der Waals surface area contributed by atoms with Crippen molar-refractivity contribution in [1.29, 1.82) is 0 Å². The number of aryl methyl sites for hydroxylation is 1. The second-order valence-electron chi connectivity index (χ2n) is 3.18. The van der Waals surface area contributed by atoms with Crippen molar-refractivity contribution in [2.75, 3.05) is 11.6 Å². The van der Waals surface area contributed by atoms with Gasteiger partial charge in [0.1, 0.15) is 0 Å². The fourth-order valence-electron chi connectivity index (χ4n) is 1.31. The molecule has 0 radical (unpaired) electrons. The summed E-state index contributed by atoms with van der Waals surface area (Å²) in [6.07, 6.45) is 3.44. The third-order valence-electron chi connectivity index (χ3n) is 1.97. The third kappa shape index (κ3) is 2.73. The molecule has 15 heavy (non-hydrogen) atoms. The van der Waals surface area contributed by atoms with E-state index in [9.17, 15) is 4.79 Å². The minimum atomic E-state index is -1.02. The van der Waals surface area contributed by atoms with Crippen molar-refractivity contribution >= 4 is 29.3 Å². The number of aromatic carboxylic acids is 1. The van der Waals surface area contributed by atoms with Gasteiger partial charge in [-0.1, -0.05) is 12.2 Å². The quantitative estimate of drug-likeness (QED) is 0.614. The number of rotatable bonds is 3. The molecular formula is C11H12ClNO2. The van der Waals surface area contributed by atoms with Gasteiger partial charge in [0, 0.05) is 5.88 Å². The van der Waals surface area contributed by atoms with E-state index in [0.717, 1.165) is 5.56 Å². The highest BCUT2D eigenvalue weighted by atomic mass is 35.5. The number of halogens is 1. The van der Waals surface area contributed by atoms with Gasteiger partial charge >= 0.3 is 5.97 Å². The molecule has 0 aromatic heterocycles. The van der Waals surface area contributed by atoms with Crippen molar-refractivity contribution in [1.82, 2.24) is 0 Å². The lowest BCUT2D eigenvalue weighted by molar-refractivity contribution is 0.0698. The molecule has 0 spiro atoms. The summed E-state index contributed by atoms with van der Waals surface area (Å²) in [7, 11) is 0. The van der Waals surface area contributed by atoms with E-state index in [1.807, 2.05) is 13.0 Å². The molecule has 0 heterocycles. The van der Waals surface area contributed by atoms with Crippen molar-refractivity contribution in [3.63, 3.8) is 0 Å². The first-order valence-electron chi connectivity index (χ1n) is 4.42. The molecule has 80 valence electrons. The van der Waals surface area contributed by atoms with Gasteiger partial charge in [-0.25, -0.2) is 4.79 Å². The van der Waals surface area contributed by atoms with Crippen LogP contribution in [0.4, 0.5) is 5.69 Å². The molecule has 0 amide bonds. The van der Waals surface area contributed by atoms with Crippen LogP contribution < -0.4 is 5.73 Å². The summed E-state index contributed by atoms with van der Waals surface area (Å²) >= 11 is 5.50. The molecule has 0 fully saturated rings. The average Bonchev–Trinajstić information content (AvgIpc) is 2.18. The molecule has 1 rings (SSSR count). The summed E-state index contributed by atoms with van der Waals surface area (Å²) in [4.78, 5) is 10.9. The Balaban J connectivity index is 3.28. The number of hydrogen-bond donors (Lipinski definition) is 2. The predicted octanol–water partition coefficient (Wildman–Crippen LogP) is 2.53. The van der Waals surface area contributed by atoms with Crippen LogP contribution in [0.1, 0.15) is 21.5 Å². The number of carboxylic acids is 1. The first-order chi connectivity index (χ1) is 7.06. The fourth-order valence-corrected chi connectivity index (χ4v) is 1.40. The molecule has 0 bridgehead atoms. The number of carbonyl (C=O) groups is 1. The van der Waals surface area contributed by atoms with E-state index in [2.05, 4.69) is 0 Å². The Kier molecular flexibility index (Phi) is 3.74. The Labute approximate surface area is 93.2 Å². The largest absolute Gasteiger partial charge is 0.478 e. The van der Waals surface area contributed by atoms with Crippen LogP contribution in [0.15, 0.2) is 18.2 Å². The summed E-state index contributed by atoms with van der Waals surface area (Å²) in [5, 5.41) is 8.91. The average molecular weight is 226 g/mol. The number of nitrogen functional groups attached to an aromatic ring is 1. The first kappa shape index (κ1) is 11.6. The van der Waals surface area contributed by atoms with Crippen molar-refractivity contribution in [2.24, 2.45) is 0 Å². The summed E-state index contributed by atoms with van der Waals surface area (Å²) in [6, 6.07) is 3.38. The number of carboxylic acid groups (broad SMARTS) is 1. The Bertz CT molecular complexity index is 413. The molecule has 3 nitrogen and oxygen atoms in total. The normalized spacial score (nSPS) is 10.8. The number of anilines is 1. The van der Waals surface area contributed by atoms with Crippen LogP contribution in [0.5, 0.6) is 0 Å². The van der Waals surface area contributed by atoms with Gasteiger partial charge in [0.15, 0.2) is 0 Å². The van der Waals surface area contributed by atoms with Crippen molar-refractivity contribution in [2.45, 2.75) is 6.92 Å². The zero-order valence-corrected chi connectivity index (χ0v) is 9.08. The molecule has 3 N–H and O–H groups in total. The first-order valence-corrected chi connectivity index (χ1v) is 4.95. The van der Waals surface area contributed by atoms with Gasteiger partial charge in [0.2, 0.25) is 0 Å². The number of hydrogen-bond acceptors (Lipinski definition) is 2. The van der Waals surface area contributed by atoms with Crippen LogP contribution in [0.25, 0.3) is 6.08 Å². The second kappa shape index (κ2) is 4.84. The molecule has 0 aliphatic rings. The summed E-state index contributed by atoms with van der Waals surface area (Å²) in [6.45, 7) is 1.82. The molecule has 0 aliphatic heterocycles. The molecule has 4 heteroatoms. The lowest BCUT2D eigenvalue weighted by Crippen LogP contribution is -2.04. The minimum absolute atomic E-state index is 0.129. The molecule has 0 saturated heterocycles. The maximum absolute atomic E-state index is 10.9. The van der Waals surface area contributed by atoms with Crippen LogP contribution in [-0.4, -0.2) is 17.0 Å². The topological polar surface area (TPSA) is 63.3 Å². The van der Waals surface area contributed by atoms with Crippen LogP contribution in [0.2, 0.25) is 0 Å². The number of allylic oxidation sites excluding steroid dienone is 1. The van der Waals surface area contributed by atoms with Gasteiger partial charge in [-0.2, -0.15) is 0 Å². The maximum atomic E-state index is 10.9. The molecule has 1 aromatic carbocycles. The van der Waals surface area contributed by atoms with Gasteiger partial charge in [-0.05, 0) is 30.2 Å². The number of alkyl halides is 1. The highest BCUT2D eigenvalue weighted by Gasteiger charge is 2.10. The van der Waals surface area contributed by atoms with E-state index in [1.165, 1.54) is 0 Å². The Morgan fingerprint density at radius 1 is 1.60 bits per heavy atom. The molecule has 0 saturated carbocycles. The summed E-state index contributed by atoms with van der Waals surface area (Å²) in [5.74, 6) is -0.646. The van der Waals surface area contributed by atoms with Gasteiger partial charge < -0.3 is 10.8 Å². The van der Waals surface area contributed by atoms with Gasteiger partial charge in [-0.15, -0.1) is 11.6 Å². The SMILES string of the molecule is Cc1cc(C=CCCl)c(N)c(C(=O)O)c1. The summed E-state index contributed by atoms with van der Waals surface area (Å²) in [5.41, 5.74) is 7.67. The highest BCUT2D eigenvalue weighted by molar-refractivity contribution is 6.19. The van der Waals surface area contributed by atoms with E-state index in [1.54, 1.807) is 18.2 Å². The van der Waals surface area contributed by atoms with Gasteiger partial charge in [-0.3, -0.25) is 0 Å². The maximum Gasteiger partial charge on any atom is 0.337 e. The predicted molar refractivity (Wildman–Crippen MR) is 62.3 cm³/mol. The lowest BCUT2D eigenvalue weighted by Gasteiger charge is -2.06. The fraction of sp³-hybridized carbons (Fsp3) is 0.182. The van der Waals surface area contributed by atoms with E-state index in [-0.39, 0.29) is 11.3 Å². The number of benzene rings is 1. The van der Waals surface area contributed by atoms with Crippen LogP contribution in [0, 0.1) is 6.92 Å². The Hall–Kier alpha value is -1.48. The van der Waals surface area contributed by atoms with Crippen LogP contribution in [0.3, 0.4) is 0 Å². The van der Waals surface area contributed by atoms with E-state index < -0.39 is 5.97 Å². The number of nitrogens with two attached hydrogens (primary N) is 1. The standard InChI is InChI=1S/C11H12ClNO2/c1-7-5-8(3-2-4-12)10(13)9(6-7)11(14)15/h2-3,5-6H,4,13H2,1H3,(H,14,15). The Morgan fingerprint density at radius 3 is 2.80 bits per heavy atom. The van der Waals surface area contributed by atoms with E-state index in [4.69, 9.17) is 22.4 Å². The monoisotopic (exact) mass is 225 g/mol. The van der Waals surface area contributed by atoms with Crippen molar-refractivity contribution in [3.8, 4) is 0 Å². The summed E-state index contributed by atoms with van der Waals surface area (Å²) < 4.78 is 0. The molecular weight excluding hydrogens is 214 g/mol. The molecule has 1 aromatic rings. The molecule has 0 aliphatic carbocycles. The second-order valence-corrected chi connectivity index (χ2v) is 3.49. The third-order valence-corrected chi connectivity index (χ3v) is 2.15. The minimum Gasteiger partial charge on any atom is -0.478 e. The highest BCUT2D eigenvalue weighted by Crippen LogP contribution is 2.21. The smallest absolute Gasteiger partial charge is 0.337 e. The van der Waals surface area contributed by atoms with Crippen LogP contribution >= 0.6 is 11.6 Å². The van der Waals surface area contributed by atoms with E-state index >= 15 is 0 Å². The molecule has 0 unspecified atom stereocenters. The zero-order chi connectivity index (χ0) is 11.4. The Morgan fingerprint density at radius 2 is 2.27 bits per heavy atom. The lowest BCUT2D eigenvalue weighted by atomic mass is 10.0. The van der Waals surface area contributed by atoms with Gasteiger partial charge in [0.05, 0.1) is 11.3 Å².